The Bertz CT molecular complexity index is 925. The Morgan fingerprint density at radius 2 is 2.00 bits per heavy atom. The Balaban J connectivity index is 1.76. The van der Waals surface area contributed by atoms with Gasteiger partial charge in [0, 0.05) is 34.3 Å². The van der Waals surface area contributed by atoms with Gasteiger partial charge >= 0.3 is 0 Å². The average molecular weight is 334 g/mol. The van der Waals surface area contributed by atoms with Crippen LogP contribution in [0.3, 0.4) is 0 Å². The predicted molar refractivity (Wildman–Crippen MR) is 97.6 cm³/mol. The molecular formula is C20H18N2OS. The molecule has 4 heteroatoms. The Kier molecular flexibility index (Phi) is 3.97. The Hall–Kier alpha value is -2.35. The molecule has 0 spiro atoms. The van der Waals surface area contributed by atoms with Crippen LogP contribution in [-0.2, 0) is 6.42 Å². The lowest BCUT2D eigenvalue weighted by Gasteiger charge is -2.23. The Morgan fingerprint density at radius 3 is 2.83 bits per heavy atom. The first-order valence-corrected chi connectivity index (χ1v) is 8.97. The fourth-order valence-corrected chi connectivity index (χ4v) is 4.26. The van der Waals surface area contributed by atoms with Gasteiger partial charge in [-0.05, 0) is 37.0 Å². The van der Waals surface area contributed by atoms with Gasteiger partial charge in [-0.3, -0.25) is 0 Å². The van der Waals surface area contributed by atoms with E-state index in [-0.39, 0.29) is 6.10 Å². The smallest absolute Gasteiger partial charge is 0.137 e. The minimum absolute atomic E-state index is 0.0232. The lowest BCUT2D eigenvalue weighted by molar-refractivity contribution is 0.158. The van der Waals surface area contributed by atoms with Gasteiger partial charge in [-0.1, -0.05) is 24.3 Å². The molecule has 1 aliphatic heterocycles. The second-order valence-corrected chi connectivity index (χ2v) is 7.19. The van der Waals surface area contributed by atoms with E-state index in [2.05, 4.69) is 29.5 Å². The largest absolute Gasteiger partial charge is 0.484 e. The van der Waals surface area contributed by atoms with Crippen molar-refractivity contribution in [2.75, 3.05) is 20.1 Å². The van der Waals surface area contributed by atoms with Crippen molar-refractivity contribution >= 4 is 22.1 Å². The first-order chi connectivity index (χ1) is 11.8. The fraction of sp³-hybridized carbons (Fsp3) is 0.250. The van der Waals surface area contributed by atoms with E-state index in [1.54, 1.807) is 0 Å². The summed E-state index contributed by atoms with van der Waals surface area (Å²) in [5.74, 6) is 0.849. The molecule has 0 saturated heterocycles. The lowest BCUT2D eigenvalue weighted by Crippen LogP contribution is -2.26. The van der Waals surface area contributed by atoms with Crippen LogP contribution >= 0.6 is 11.3 Å². The van der Waals surface area contributed by atoms with Gasteiger partial charge < -0.3 is 9.64 Å². The summed E-state index contributed by atoms with van der Waals surface area (Å²) in [6, 6.07) is 16.2. The molecule has 120 valence electrons. The van der Waals surface area contributed by atoms with Gasteiger partial charge in [0.2, 0.25) is 0 Å². The van der Waals surface area contributed by atoms with Crippen molar-refractivity contribution in [2.45, 2.75) is 12.5 Å². The van der Waals surface area contributed by atoms with E-state index in [1.807, 2.05) is 47.7 Å². The van der Waals surface area contributed by atoms with Crippen LogP contribution in [-0.4, -0.2) is 25.0 Å². The Labute approximate surface area is 145 Å². The molecule has 1 aromatic heterocycles. The third-order valence-electron chi connectivity index (χ3n) is 4.60. The highest BCUT2D eigenvalue weighted by Crippen LogP contribution is 2.35. The van der Waals surface area contributed by atoms with Crippen molar-refractivity contribution in [3.05, 3.63) is 63.8 Å². The summed E-state index contributed by atoms with van der Waals surface area (Å²) >= 11 is 1.82. The molecule has 4 rings (SSSR count). The maximum atomic E-state index is 9.33. The van der Waals surface area contributed by atoms with E-state index in [0.717, 1.165) is 36.0 Å². The zero-order valence-electron chi connectivity index (χ0n) is 13.5. The van der Waals surface area contributed by atoms with Gasteiger partial charge in [0.05, 0.1) is 11.6 Å². The topological polar surface area (TPSA) is 36.3 Å². The minimum Gasteiger partial charge on any atom is -0.484 e. The third-order valence-corrected chi connectivity index (χ3v) is 5.60. The van der Waals surface area contributed by atoms with E-state index < -0.39 is 0 Å². The van der Waals surface area contributed by atoms with Crippen molar-refractivity contribution in [2.24, 2.45) is 0 Å². The number of ether oxygens (including phenoxy) is 1. The minimum atomic E-state index is 0.0232. The highest BCUT2D eigenvalue weighted by Gasteiger charge is 2.24. The monoisotopic (exact) mass is 334 g/mol. The van der Waals surface area contributed by atoms with Crippen LogP contribution in [0.15, 0.2) is 47.8 Å². The van der Waals surface area contributed by atoms with Crippen LogP contribution in [0.25, 0.3) is 10.8 Å². The van der Waals surface area contributed by atoms with Crippen LogP contribution in [0.2, 0.25) is 0 Å². The highest BCUT2D eigenvalue weighted by molar-refractivity contribution is 7.10. The van der Waals surface area contributed by atoms with Crippen molar-refractivity contribution in [3.63, 3.8) is 0 Å². The maximum Gasteiger partial charge on any atom is 0.137 e. The van der Waals surface area contributed by atoms with Crippen molar-refractivity contribution in [1.29, 1.82) is 5.26 Å². The summed E-state index contributed by atoms with van der Waals surface area (Å²) in [5, 5.41) is 13.4. The number of nitrogens with zero attached hydrogens (tertiary/aromatic N) is 2. The van der Waals surface area contributed by atoms with E-state index in [4.69, 9.17) is 4.74 Å². The number of fused-ring (bicyclic) bond motifs is 2. The second-order valence-electron chi connectivity index (χ2n) is 6.19. The number of nitriles is 1. The van der Waals surface area contributed by atoms with E-state index >= 15 is 0 Å². The number of benzene rings is 2. The molecule has 0 aliphatic carbocycles. The molecule has 1 aliphatic rings. The number of rotatable bonds is 2. The molecule has 3 aromatic rings. The molecule has 0 amide bonds. The number of hydrogen-bond donors (Lipinski definition) is 0. The molecule has 0 saturated carbocycles. The first kappa shape index (κ1) is 15.2. The normalized spacial score (nSPS) is 17.9. The van der Waals surface area contributed by atoms with Gasteiger partial charge in [0.1, 0.15) is 11.9 Å². The van der Waals surface area contributed by atoms with Crippen LogP contribution in [0.1, 0.15) is 22.1 Å². The van der Waals surface area contributed by atoms with E-state index in [1.165, 1.54) is 10.4 Å². The van der Waals surface area contributed by atoms with Crippen molar-refractivity contribution < 1.29 is 4.74 Å². The van der Waals surface area contributed by atoms with Gasteiger partial charge in [-0.15, -0.1) is 11.3 Å². The molecule has 1 atom stereocenters. The molecule has 1 unspecified atom stereocenters. The molecule has 0 bridgehead atoms. The molecular weight excluding hydrogens is 316 g/mol. The summed E-state index contributed by atoms with van der Waals surface area (Å²) in [7, 11) is 2.14. The Morgan fingerprint density at radius 1 is 1.17 bits per heavy atom. The van der Waals surface area contributed by atoms with Crippen molar-refractivity contribution in [1.82, 2.24) is 4.90 Å². The van der Waals surface area contributed by atoms with Gasteiger partial charge in [-0.2, -0.15) is 5.26 Å². The molecule has 2 aromatic carbocycles. The quantitative estimate of drug-likeness (QED) is 0.698. The molecule has 0 N–H and O–H groups in total. The first-order valence-electron chi connectivity index (χ1n) is 8.09. The summed E-state index contributed by atoms with van der Waals surface area (Å²) in [6.07, 6.45) is 1.10. The molecule has 24 heavy (non-hydrogen) atoms. The van der Waals surface area contributed by atoms with Crippen LogP contribution in [0, 0.1) is 11.3 Å². The summed E-state index contributed by atoms with van der Waals surface area (Å²) < 4.78 is 6.46. The van der Waals surface area contributed by atoms with Gasteiger partial charge in [0.25, 0.3) is 0 Å². The summed E-state index contributed by atoms with van der Waals surface area (Å²) in [4.78, 5) is 3.74. The maximum absolute atomic E-state index is 9.33. The fourth-order valence-electron chi connectivity index (χ4n) is 3.33. The lowest BCUT2D eigenvalue weighted by atomic mass is 10.0. The SMILES string of the molecule is CN1CCc2sccc2C(Oc2ccc(C#N)c3ccccc23)C1. The third kappa shape index (κ3) is 2.66. The van der Waals surface area contributed by atoms with Gasteiger partial charge in [-0.25, -0.2) is 0 Å². The summed E-state index contributed by atoms with van der Waals surface area (Å²) in [5.41, 5.74) is 1.99. The number of hydrogen-bond acceptors (Lipinski definition) is 4. The molecule has 0 fully saturated rings. The van der Waals surface area contributed by atoms with E-state index in [0.29, 0.717) is 5.56 Å². The predicted octanol–water partition coefficient (Wildman–Crippen LogP) is 4.38. The molecule has 0 radical (unpaired) electrons. The van der Waals surface area contributed by atoms with Gasteiger partial charge in [0.15, 0.2) is 0 Å². The standard InChI is InChI=1S/C20H18N2OS/c1-22-10-8-20-17(9-11-24-20)19(13-22)23-18-7-6-14(12-21)15-4-2-3-5-16(15)18/h2-7,9,11,19H,8,10,13H2,1H3. The zero-order chi connectivity index (χ0) is 16.5. The number of thiophene rings is 1. The van der Waals surface area contributed by atoms with Crippen LogP contribution in [0.5, 0.6) is 5.75 Å². The molecule has 2 heterocycles. The van der Waals surface area contributed by atoms with E-state index in [9.17, 15) is 5.26 Å². The highest BCUT2D eigenvalue weighted by atomic mass is 32.1. The molecule has 3 nitrogen and oxygen atoms in total. The van der Waals surface area contributed by atoms with Crippen molar-refractivity contribution in [3.8, 4) is 11.8 Å². The number of likely N-dealkylation sites (N-methyl/N-ethyl adjacent to an activating group) is 1. The zero-order valence-corrected chi connectivity index (χ0v) is 14.3. The average Bonchev–Trinajstić information content (AvgIpc) is 3.03. The summed E-state index contributed by atoms with van der Waals surface area (Å²) in [6.45, 7) is 1.93. The van der Waals surface area contributed by atoms with Crippen LogP contribution in [0.4, 0.5) is 0 Å². The second kappa shape index (κ2) is 6.27. The van der Waals surface area contributed by atoms with Crippen LogP contribution < -0.4 is 4.74 Å².